The second kappa shape index (κ2) is 5.41. The number of hydrogen-bond acceptors (Lipinski definition) is 3. The first kappa shape index (κ1) is 13.9. The Hall–Kier alpha value is -2.01. The summed E-state index contributed by atoms with van der Waals surface area (Å²) in [5.74, 6) is 0.396. The first-order valence-corrected chi connectivity index (χ1v) is 7.31. The smallest absolute Gasteiger partial charge is 0.140 e. The summed E-state index contributed by atoms with van der Waals surface area (Å²) in [6.45, 7) is 1.85. The molecule has 21 heavy (non-hydrogen) atoms. The molecule has 0 fully saturated rings. The average Bonchev–Trinajstić information content (AvgIpc) is 2.88. The highest BCUT2D eigenvalue weighted by Crippen LogP contribution is 2.28. The Morgan fingerprint density at radius 3 is 2.86 bits per heavy atom. The minimum absolute atomic E-state index is 0.255. The van der Waals surface area contributed by atoms with Crippen molar-refractivity contribution >= 4 is 28.7 Å². The summed E-state index contributed by atoms with van der Waals surface area (Å²) in [7, 11) is 0. The number of nitrogens with one attached hydrogen (secondary N) is 1. The fourth-order valence-electron chi connectivity index (χ4n) is 2.65. The summed E-state index contributed by atoms with van der Waals surface area (Å²) < 4.78 is 13.2. The van der Waals surface area contributed by atoms with Crippen molar-refractivity contribution < 1.29 is 4.39 Å². The first-order valence-electron chi connectivity index (χ1n) is 6.90. The second-order valence-electron chi connectivity index (χ2n) is 5.29. The van der Waals surface area contributed by atoms with E-state index in [4.69, 9.17) is 18.0 Å². The van der Waals surface area contributed by atoms with Crippen LogP contribution in [-0.2, 0) is 12.8 Å². The van der Waals surface area contributed by atoms with Gasteiger partial charge in [-0.05, 0) is 61.6 Å². The second-order valence-corrected chi connectivity index (χ2v) is 5.73. The number of aryl methyl sites for hydroxylation is 3. The minimum Gasteiger partial charge on any atom is -0.389 e. The Morgan fingerprint density at radius 2 is 2.14 bits per heavy atom. The van der Waals surface area contributed by atoms with Crippen molar-refractivity contribution in [3.8, 4) is 0 Å². The van der Waals surface area contributed by atoms with Crippen LogP contribution >= 0.6 is 12.2 Å². The van der Waals surface area contributed by atoms with Crippen LogP contribution in [0.4, 0.5) is 15.9 Å². The van der Waals surface area contributed by atoms with Crippen LogP contribution in [0.2, 0.25) is 0 Å². The summed E-state index contributed by atoms with van der Waals surface area (Å²) in [5, 5.41) is 3.23. The van der Waals surface area contributed by atoms with Gasteiger partial charge in [0.05, 0.1) is 5.56 Å². The number of halogens is 1. The van der Waals surface area contributed by atoms with E-state index < -0.39 is 0 Å². The van der Waals surface area contributed by atoms with E-state index in [0.717, 1.165) is 41.8 Å². The summed E-state index contributed by atoms with van der Waals surface area (Å²) in [6, 6.07) is 6.63. The predicted molar refractivity (Wildman–Crippen MR) is 86.6 cm³/mol. The standard InChI is InChI=1S/C16H16FN3S/c1-9-7-11(17)5-6-13(9)19-16-12(15(18)21)8-10-3-2-4-14(10)20-16/h5-8H,2-4H2,1H3,(H2,18,21)(H,19,20). The molecule has 5 heteroatoms. The van der Waals surface area contributed by atoms with Crippen molar-refractivity contribution in [1.29, 1.82) is 0 Å². The van der Waals surface area contributed by atoms with Crippen molar-refractivity contribution in [2.75, 3.05) is 5.32 Å². The molecule has 0 atom stereocenters. The lowest BCUT2D eigenvalue weighted by molar-refractivity contribution is 0.627. The lowest BCUT2D eigenvalue weighted by atomic mass is 10.1. The monoisotopic (exact) mass is 301 g/mol. The maximum atomic E-state index is 13.2. The highest BCUT2D eigenvalue weighted by Gasteiger charge is 2.18. The van der Waals surface area contributed by atoms with Crippen LogP contribution in [-0.4, -0.2) is 9.97 Å². The number of hydrogen-bond donors (Lipinski definition) is 2. The molecule has 1 aromatic carbocycles. The Morgan fingerprint density at radius 1 is 1.33 bits per heavy atom. The Labute approximate surface area is 128 Å². The minimum atomic E-state index is -0.255. The van der Waals surface area contributed by atoms with Gasteiger partial charge < -0.3 is 11.1 Å². The van der Waals surface area contributed by atoms with Crippen molar-refractivity contribution in [2.24, 2.45) is 5.73 Å². The molecule has 108 valence electrons. The van der Waals surface area contributed by atoms with Gasteiger partial charge in [-0.2, -0.15) is 0 Å². The molecule has 1 heterocycles. The molecule has 3 N–H and O–H groups in total. The molecule has 1 aliphatic carbocycles. The largest absolute Gasteiger partial charge is 0.389 e. The van der Waals surface area contributed by atoms with Gasteiger partial charge in [-0.3, -0.25) is 0 Å². The highest BCUT2D eigenvalue weighted by molar-refractivity contribution is 7.80. The van der Waals surface area contributed by atoms with Crippen molar-refractivity contribution in [3.63, 3.8) is 0 Å². The van der Waals surface area contributed by atoms with Crippen LogP contribution in [0.15, 0.2) is 24.3 Å². The maximum Gasteiger partial charge on any atom is 0.140 e. The van der Waals surface area contributed by atoms with E-state index in [9.17, 15) is 4.39 Å². The normalized spacial score (nSPS) is 13.0. The lowest BCUT2D eigenvalue weighted by Crippen LogP contribution is -2.14. The predicted octanol–water partition coefficient (Wildman–Crippen LogP) is 3.40. The molecule has 0 saturated heterocycles. The Bertz CT molecular complexity index is 728. The van der Waals surface area contributed by atoms with Crippen molar-refractivity contribution in [2.45, 2.75) is 26.2 Å². The third-order valence-electron chi connectivity index (χ3n) is 3.76. The zero-order valence-corrected chi connectivity index (χ0v) is 12.6. The molecule has 0 unspecified atom stereocenters. The van der Waals surface area contributed by atoms with Gasteiger partial charge in [-0.25, -0.2) is 9.37 Å². The van der Waals surface area contributed by atoms with Crippen LogP contribution in [0.3, 0.4) is 0 Å². The molecule has 3 rings (SSSR count). The number of nitrogens with zero attached hydrogens (tertiary/aromatic N) is 1. The van der Waals surface area contributed by atoms with E-state index in [0.29, 0.717) is 10.8 Å². The molecular weight excluding hydrogens is 285 g/mol. The third kappa shape index (κ3) is 2.74. The number of anilines is 2. The molecule has 0 saturated carbocycles. The van der Waals surface area contributed by atoms with Crippen LogP contribution in [0.5, 0.6) is 0 Å². The molecule has 3 nitrogen and oxygen atoms in total. The highest BCUT2D eigenvalue weighted by atomic mass is 32.1. The number of benzene rings is 1. The van der Waals surface area contributed by atoms with Crippen LogP contribution < -0.4 is 11.1 Å². The Balaban J connectivity index is 2.03. The summed E-state index contributed by atoms with van der Waals surface area (Å²) >= 11 is 5.13. The van der Waals surface area contributed by atoms with E-state index in [2.05, 4.69) is 10.3 Å². The van der Waals surface area contributed by atoms with E-state index >= 15 is 0 Å². The van der Waals surface area contributed by atoms with Gasteiger partial charge in [0.2, 0.25) is 0 Å². The molecule has 1 aromatic heterocycles. The molecule has 1 aliphatic rings. The van der Waals surface area contributed by atoms with Gasteiger partial charge in [-0.1, -0.05) is 12.2 Å². The molecule has 0 spiro atoms. The third-order valence-corrected chi connectivity index (χ3v) is 3.98. The zero-order valence-electron chi connectivity index (χ0n) is 11.7. The summed E-state index contributed by atoms with van der Waals surface area (Å²) in [5.41, 5.74) is 10.5. The van der Waals surface area contributed by atoms with Crippen molar-refractivity contribution in [3.05, 3.63) is 52.5 Å². The number of nitrogens with two attached hydrogens (primary N) is 1. The van der Waals surface area contributed by atoms with Crippen LogP contribution in [0, 0.1) is 12.7 Å². The molecule has 0 radical (unpaired) electrons. The van der Waals surface area contributed by atoms with Crippen LogP contribution in [0.25, 0.3) is 0 Å². The topological polar surface area (TPSA) is 50.9 Å². The first-order chi connectivity index (χ1) is 10.0. The van der Waals surface area contributed by atoms with Crippen LogP contribution in [0.1, 0.15) is 28.8 Å². The average molecular weight is 301 g/mol. The number of fused-ring (bicyclic) bond motifs is 1. The van der Waals surface area contributed by atoms with Gasteiger partial charge >= 0.3 is 0 Å². The fraction of sp³-hybridized carbons (Fsp3) is 0.250. The zero-order chi connectivity index (χ0) is 15.0. The molecule has 0 bridgehead atoms. The molecule has 0 aliphatic heterocycles. The van der Waals surface area contributed by atoms with E-state index in [1.54, 1.807) is 6.07 Å². The fourth-order valence-corrected chi connectivity index (χ4v) is 2.81. The Kier molecular flexibility index (Phi) is 3.59. The van der Waals surface area contributed by atoms with E-state index in [1.165, 1.54) is 17.7 Å². The molecule has 2 aromatic rings. The van der Waals surface area contributed by atoms with Gasteiger partial charge in [0.25, 0.3) is 0 Å². The lowest BCUT2D eigenvalue weighted by Gasteiger charge is -2.14. The molecule has 0 amide bonds. The van der Waals surface area contributed by atoms with E-state index in [-0.39, 0.29) is 5.82 Å². The van der Waals surface area contributed by atoms with Gasteiger partial charge in [0, 0.05) is 11.4 Å². The van der Waals surface area contributed by atoms with Gasteiger partial charge in [0.15, 0.2) is 0 Å². The van der Waals surface area contributed by atoms with Gasteiger partial charge in [0.1, 0.15) is 16.6 Å². The number of thiocarbonyl (C=S) groups is 1. The van der Waals surface area contributed by atoms with E-state index in [1.807, 2.05) is 13.0 Å². The summed E-state index contributed by atoms with van der Waals surface area (Å²) in [4.78, 5) is 4.98. The summed E-state index contributed by atoms with van der Waals surface area (Å²) in [6.07, 6.45) is 3.11. The number of aromatic nitrogens is 1. The number of rotatable bonds is 3. The van der Waals surface area contributed by atoms with Crippen molar-refractivity contribution in [1.82, 2.24) is 4.98 Å². The maximum absolute atomic E-state index is 13.2. The number of pyridine rings is 1. The molecular formula is C16H16FN3S. The van der Waals surface area contributed by atoms with Gasteiger partial charge in [-0.15, -0.1) is 0 Å². The SMILES string of the molecule is Cc1cc(F)ccc1Nc1nc2c(cc1C(N)=S)CCC2. The quantitative estimate of drug-likeness (QED) is 0.853.